The first-order valence-corrected chi connectivity index (χ1v) is 5.20. The van der Waals surface area contributed by atoms with Crippen LogP contribution in [-0.2, 0) is 28.9 Å². The number of hydrogen-bond donors (Lipinski definition) is 0. The van der Waals surface area contributed by atoms with Crippen LogP contribution in [0.25, 0.3) is 0 Å². The molecule has 0 radical (unpaired) electrons. The Morgan fingerprint density at radius 2 is 2.00 bits per heavy atom. The van der Waals surface area contributed by atoms with Gasteiger partial charge in [0.05, 0.1) is 4.90 Å². The van der Waals surface area contributed by atoms with E-state index < -0.39 is 10.1 Å². The molecule has 0 amide bonds. The van der Waals surface area contributed by atoms with Gasteiger partial charge in [-0.15, -0.1) is 0 Å². The topological polar surface area (TPSA) is 102 Å². The summed E-state index contributed by atoms with van der Waals surface area (Å²) in [7, 11) is -4.32. The molecule has 2 N–H and O–H groups in total. The monoisotopic (exact) mass is 296 g/mol. The third kappa shape index (κ3) is 5.74. The summed E-state index contributed by atoms with van der Waals surface area (Å²) in [5.41, 5.74) is 0. The Balaban J connectivity index is 0. The molecule has 0 saturated carbocycles. The van der Waals surface area contributed by atoms with Gasteiger partial charge in [-0.25, -0.2) is 8.42 Å². The molecule has 1 aromatic rings. The Morgan fingerprint density at radius 1 is 1.46 bits per heavy atom. The van der Waals surface area contributed by atoms with Crippen molar-refractivity contribution in [1.29, 1.82) is 0 Å². The molecule has 1 aromatic heterocycles. The summed E-state index contributed by atoms with van der Waals surface area (Å²) in [5.74, 6) is 0. The fourth-order valence-corrected chi connectivity index (χ4v) is 0.930. The van der Waals surface area contributed by atoms with Gasteiger partial charge in [0.15, 0.2) is 0 Å². The fraction of sp³-hybridized carbons (Fsp3) is 0. The predicted molar refractivity (Wildman–Crippen MR) is 42.9 cm³/mol. The van der Waals surface area contributed by atoms with Crippen molar-refractivity contribution in [3.8, 4) is 0 Å². The molecule has 0 spiro atoms. The second-order valence-electron chi connectivity index (χ2n) is 1.64. The number of pyridine rings is 1. The van der Waals surface area contributed by atoms with Crippen molar-refractivity contribution in [1.82, 2.24) is 4.98 Å². The molecule has 0 saturated heterocycles. The Bertz CT molecular complexity index is 326. The van der Waals surface area contributed by atoms with Gasteiger partial charge < -0.3 is 10.0 Å². The van der Waals surface area contributed by atoms with Gasteiger partial charge in [0, 0.05) is 12.4 Å². The molecule has 1 rings (SSSR count). The van der Waals surface area contributed by atoms with Crippen LogP contribution in [-0.4, -0.2) is 28.4 Å². The quantitative estimate of drug-likeness (QED) is 0.496. The molecular weight excluding hydrogens is 289 g/mol. The Labute approximate surface area is 86.8 Å². The van der Waals surface area contributed by atoms with Gasteiger partial charge in [-0.2, -0.15) is 0 Å². The number of nitrogens with zero attached hydrogens (tertiary/aromatic N) is 1. The molecule has 0 aromatic carbocycles. The van der Waals surface area contributed by atoms with Crippen LogP contribution in [0.1, 0.15) is 0 Å². The first-order chi connectivity index (χ1) is 5.61. The first kappa shape index (κ1) is 15.0. The third-order valence-corrected chi connectivity index (χ3v) is 1.74. The maximum absolute atomic E-state index is 10.2. The van der Waals surface area contributed by atoms with Crippen LogP contribution >= 0.6 is 0 Å². The fourth-order valence-electron chi connectivity index (χ4n) is 0.495. The van der Waals surface area contributed by atoms with E-state index in [1.54, 1.807) is 0 Å². The standard InChI is InChI=1S/C5H5NO3S.CH2.H2O.Pd/c7-10(8,9)5-2-1-3-6-4-5;;;/h1-4H,(H,7,8,9);2*1H2;/q;;;+1/p-1. The minimum atomic E-state index is -4.32. The van der Waals surface area contributed by atoms with Crippen molar-refractivity contribution in [2.24, 2.45) is 0 Å². The maximum atomic E-state index is 10.2. The Morgan fingerprint density at radius 3 is 2.23 bits per heavy atom. The molecule has 7 heteroatoms. The van der Waals surface area contributed by atoms with E-state index in [4.69, 9.17) is 0 Å². The van der Waals surface area contributed by atoms with E-state index in [0.717, 1.165) is 6.20 Å². The number of hydrogen-bond acceptors (Lipinski definition) is 4. The molecule has 13 heavy (non-hydrogen) atoms. The van der Waals surface area contributed by atoms with Gasteiger partial charge in [0.2, 0.25) is 0 Å². The number of rotatable bonds is 1. The van der Waals surface area contributed by atoms with Crippen LogP contribution in [0.15, 0.2) is 29.4 Å². The molecular formula is C6H8NO4PdS. The van der Waals surface area contributed by atoms with E-state index in [9.17, 15) is 13.0 Å². The summed E-state index contributed by atoms with van der Waals surface area (Å²) in [4.78, 5) is 6.28. The zero-order valence-electron chi connectivity index (χ0n) is 6.41. The molecule has 0 fully saturated rings. The van der Waals surface area contributed by atoms with Crippen LogP contribution < -0.4 is 0 Å². The summed E-state index contributed by atoms with van der Waals surface area (Å²) in [6.45, 7) is 0. The van der Waals surface area contributed by atoms with Crippen LogP contribution in [0.2, 0.25) is 0 Å². The summed E-state index contributed by atoms with van der Waals surface area (Å²) >= 11 is 2.50. The van der Waals surface area contributed by atoms with E-state index in [0.29, 0.717) is 0 Å². The van der Waals surface area contributed by atoms with Crippen molar-refractivity contribution in [2.45, 2.75) is 4.90 Å². The van der Waals surface area contributed by atoms with E-state index in [1.165, 1.54) is 18.3 Å². The molecule has 0 aliphatic heterocycles. The molecule has 0 atom stereocenters. The van der Waals surface area contributed by atoms with Gasteiger partial charge in [-0.3, -0.25) is 4.98 Å². The average Bonchev–Trinajstić information content (AvgIpc) is 2.08. The minimum absolute atomic E-state index is 0. The van der Waals surface area contributed by atoms with Crippen LogP contribution in [0.4, 0.5) is 0 Å². The Hall–Kier alpha value is -0.448. The van der Waals surface area contributed by atoms with Crippen molar-refractivity contribution in [2.75, 3.05) is 0 Å². The van der Waals surface area contributed by atoms with Gasteiger partial charge in [0.1, 0.15) is 10.1 Å². The zero-order chi connectivity index (χ0) is 9.61. The average molecular weight is 297 g/mol. The third-order valence-electron chi connectivity index (χ3n) is 0.923. The second kappa shape index (κ2) is 7.00. The van der Waals surface area contributed by atoms with E-state index >= 15 is 0 Å². The normalized spacial score (nSPS) is 9.08. The van der Waals surface area contributed by atoms with Crippen molar-refractivity contribution >= 4 is 15.1 Å². The van der Waals surface area contributed by atoms with Crippen LogP contribution in [0, 0.1) is 0 Å². The van der Waals surface area contributed by atoms with Gasteiger partial charge in [-0.05, 0) is 12.1 Å². The van der Waals surface area contributed by atoms with E-state index in [-0.39, 0.29) is 10.4 Å². The van der Waals surface area contributed by atoms with Crippen molar-refractivity contribution in [3.05, 3.63) is 24.5 Å². The van der Waals surface area contributed by atoms with Crippen LogP contribution in [0.3, 0.4) is 0 Å². The molecule has 77 valence electrons. The van der Waals surface area contributed by atoms with Gasteiger partial charge >= 0.3 is 23.7 Å². The van der Waals surface area contributed by atoms with E-state index in [2.05, 4.69) is 28.7 Å². The molecule has 0 unspecified atom stereocenters. The Kier molecular flexibility index (Phi) is 8.11. The number of aromatic nitrogens is 1. The molecule has 0 bridgehead atoms. The summed E-state index contributed by atoms with van der Waals surface area (Å²) in [5, 5.41) is 0. The van der Waals surface area contributed by atoms with E-state index in [1.807, 2.05) is 0 Å². The molecule has 5 nitrogen and oxygen atoms in total. The van der Waals surface area contributed by atoms with Gasteiger partial charge in [-0.1, -0.05) is 0 Å². The molecule has 0 aliphatic carbocycles. The predicted octanol–water partition coefficient (Wildman–Crippen LogP) is -0.874. The van der Waals surface area contributed by atoms with Gasteiger partial charge in [0.25, 0.3) is 0 Å². The molecule has 1 heterocycles. The summed E-state index contributed by atoms with van der Waals surface area (Å²) < 4.78 is 30.7. The van der Waals surface area contributed by atoms with Crippen LogP contribution in [0.5, 0.6) is 0 Å². The SMILES string of the molecule is O.O=S(=O)([O-])c1cccnc1.[CH2]=[Pd+]. The summed E-state index contributed by atoms with van der Waals surface area (Å²) in [6, 6.07) is 2.60. The van der Waals surface area contributed by atoms with Crippen molar-refractivity contribution < 1.29 is 37.2 Å². The first-order valence-electron chi connectivity index (χ1n) is 2.69. The molecule has 0 aliphatic rings. The summed E-state index contributed by atoms with van der Waals surface area (Å²) in [6.07, 6.45) is 2.41. The zero-order valence-corrected chi connectivity index (χ0v) is 8.78. The van der Waals surface area contributed by atoms with Crippen molar-refractivity contribution in [3.63, 3.8) is 0 Å². The second-order valence-corrected chi connectivity index (χ2v) is 3.02.